The molecule has 3 N–H and O–H groups in total. The van der Waals surface area contributed by atoms with Gasteiger partial charge in [0.25, 0.3) is 5.91 Å². The number of benzene rings is 3. The Bertz CT molecular complexity index is 1200. The van der Waals surface area contributed by atoms with Gasteiger partial charge in [0.2, 0.25) is 5.91 Å². The fourth-order valence-electron chi connectivity index (χ4n) is 4.50. The van der Waals surface area contributed by atoms with Crippen LogP contribution in [0.1, 0.15) is 47.2 Å². The van der Waals surface area contributed by atoms with Gasteiger partial charge in [-0.2, -0.15) is 13.2 Å². The van der Waals surface area contributed by atoms with Crippen molar-refractivity contribution in [1.82, 2.24) is 16.0 Å². The van der Waals surface area contributed by atoms with E-state index in [9.17, 15) is 22.8 Å². The molecule has 2 amide bonds. The largest absolute Gasteiger partial charge is 0.416 e. The number of hydrogen-bond donors (Lipinski definition) is 3. The van der Waals surface area contributed by atoms with Gasteiger partial charge in [-0.3, -0.25) is 9.59 Å². The molecule has 0 heterocycles. The topological polar surface area (TPSA) is 70.2 Å². The first-order valence-corrected chi connectivity index (χ1v) is 11.8. The Morgan fingerprint density at radius 3 is 2.37 bits per heavy atom. The standard InChI is InChI=1S/C27H28F3N3O2/c28-27(29,30)22-9-5-8-21(15-22)26(35)32-17-25(34)33-24-11-4-3-10-23(24)31-16-18-12-13-19-6-1-2-7-20(19)14-18/h1-2,5-9,12-15,23-24,31H,3-4,10-11,16-17H2,(H,32,35)(H,33,34). The molecule has 1 aliphatic carbocycles. The third kappa shape index (κ3) is 6.60. The molecule has 0 bridgehead atoms. The lowest BCUT2D eigenvalue weighted by atomic mass is 9.90. The van der Waals surface area contributed by atoms with Crippen molar-refractivity contribution in [2.75, 3.05) is 6.54 Å². The predicted octanol–water partition coefficient (Wildman–Crippen LogP) is 4.81. The number of halogens is 3. The van der Waals surface area contributed by atoms with E-state index in [0.29, 0.717) is 6.54 Å². The summed E-state index contributed by atoms with van der Waals surface area (Å²) in [4.78, 5) is 24.8. The van der Waals surface area contributed by atoms with Gasteiger partial charge in [0.05, 0.1) is 12.1 Å². The smallest absolute Gasteiger partial charge is 0.350 e. The van der Waals surface area contributed by atoms with Crippen molar-refractivity contribution in [3.05, 3.63) is 83.4 Å². The van der Waals surface area contributed by atoms with Gasteiger partial charge in [0.15, 0.2) is 0 Å². The zero-order chi connectivity index (χ0) is 24.8. The molecule has 0 aliphatic heterocycles. The fraction of sp³-hybridized carbons (Fsp3) is 0.333. The highest BCUT2D eigenvalue weighted by atomic mass is 19.4. The Morgan fingerprint density at radius 2 is 1.60 bits per heavy atom. The average molecular weight is 484 g/mol. The molecule has 4 rings (SSSR count). The van der Waals surface area contributed by atoms with Crippen molar-refractivity contribution < 1.29 is 22.8 Å². The molecule has 184 valence electrons. The molecule has 0 spiro atoms. The highest BCUT2D eigenvalue weighted by Gasteiger charge is 2.31. The monoisotopic (exact) mass is 483 g/mol. The van der Waals surface area contributed by atoms with Crippen LogP contribution in [0, 0.1) is 0 Å². The molecule has 5 nitrogen and oxygen atoms in total. The van der Waals surface area contributed by atoms with E-state index < -0.39 is 17.6 Å². The van der Waals surface area contributed by atoms with Crippen LogP contribution in [-0.4, -0.2) is 30.4 Å². The molecule has 1 saturated carbocycles. The van der Waals surface area contributed by atoms with E-state index in [1.54, 1.807) is 0 Å². The zero-order valence-corrected chi connectivity index (χ0v) is 19.2. The van der Waals surface area contributed by atoms with E-state index in [1.807, 2.05) is 12.1 Å². The van der Waals surface area contributed by atoms with E-state index in [4.69, 9.17) is 0 Å². The maximum Gasteiger partial charge on any atom is 0.416 e. The number of hydrogen-bond acceptors (Lipinski definition) is 3. The van der Waals surface area contributed by atoms with Crippen molar-refractivity contribution in [1.29, 1.82) is 0 Å². The van der Waals surface area contributed by atoms with Gasteiger partial charge in [-0.25, -0.2) is 0 Å². The summed E-state index contributed by atoms with van der Waals surface area (Å²) in [7, 11) is 0. The molecule has 0 radical (unpaired) electrons. The van der Waals surface area contributed by atoms with Crippen molar-refractivity contribution in [2.45, 2.75) is 50.5 Å². The van der Waals surface area contributed by atoms with Gasteiger partial charge in [0, 0.05) is 24.2 Å². The third-order valence-corrected chi connectivity index (χ3v) is 6.36. The summed E-state index contributed by atoms with van der Waals surface area (Å²) in [5, 5.41) is 11.3. The molecule has 1 aliphatic rings. The number of alkyl halides is 3. The van der Waals surface area contributed by atoms with Crippen LogP contribution in [0.2, 0.25) is 0 Å². The number of carbonyl (C=O) groups is 2. The molecular formula is C27H28F3N3O2. The van der Waals surface area contributed by atoms with Crippen LogP contribution < -0.4 is 16.0 Å². The second kappa shape index (κ2) is 10.9. The van der Waals surface area contributed by atoms with Crippen LogP contribution in [0.3, 0.4) is 0 Å². The summed E-state index contributed by atoms with van der Waals surface area (Å²) in [6.45, 7) is 0.372. The summed E-state index contributed by atoms with van der Waals surface area (Å²) in [5.74, 6) is -1.09. The lowest BCUT2D eigenvalue weighted by Crippen LogP contribution is -2.53. The van der Waals surface area contributed by atoms with Gasteiger partial charge in [0.1, 0.15) is 0 Å². The molecule has 0 aromatic heterocycles. The molecule has 35 heavy (non-hydrogen) atoms. The summed E-state index contributed by atoms with van der Waals surface area (Å²) in [6, 6.07) is 18.7. The minimum absolute atomic E-state index is 0.0813. The van der Waals surface area contributed by atoms with Crippen molar-refractivity contribution >= 4 is 22.6 Å². The predicted molar refractivity (Wildman–Crippen MR) is 129 cm³/mol. The Kier molecular flexibility index (Phi) is 7.70. The van der Waals surface area contributed by atoms with Crippen LogP contribution in [0.4, 0.5) is 13.2 Å². The van der Waals surface area contributed by atoms with Crippen molar-refractivity contribution in [3.63, 3.8) is 0 Å². The Morgan fingerprint density at radius 1 is 0.857 bits per heavy atom. The maximum absolute atomic E-state index is 12.9. The SMILES string of the molecule is O=C(CNC(=O)c1cccc(C(F)(F)F)c1)NC1CCCCC1NCc1ccc2ccccc2c1. The Balaban J connectivity index is 1.29. The minimum atomic E-state index is -4.54. The first-order valence-electron chi connectivity index (χ1n) is 11.8. The molecule has 3 aromatic rings. The zero-order valence-electron chi connectivity index (χ0n) is 19.2. The molecular weight excluding hydrogens is 455 g/mol. The first kappa shape index (κ1) is 24.7. The summed E-state index contributed by atoms with van der Waals surface area (Å²) in [6.07, 6.45) is -0.731. The van der Waals surface area contributed by atoms with Crippen LogP contribution in [0.15, 0.2) is 66.7 Å². The van der Waals surface area contributed by atoms with Gasteiger partial charge < -0.3 is 16.0 Å². The second-order valence-corrected chi connectivity index (χ2v) is 8.89. The number of rotatable bonds is 7. The van der Waals surface area contributed by atoms with E-state index in [2.05, 4.69) is 46.3 Å². The molecule has 0 saturated heterocycles. The lowest BCUT2D eigenvalue weighted by molar-refractivity contribution is -0.137. The Hall–Kier alpha value is -3.39. The van der Waals surface area contributed by atoms with Crippen molar-refractivity contribution in [2.24, 2.45) is 0 Å². The van der Waals surface area contributed by atoms with E-state index in [-0.39, 0.29) is 30.1 Å². The van der Waals surface area contributed by atoms with Crippen molar-refractivity contribution in [3.8, 4) is 0 Å². The quantitative estimate of drug-likeness (QED) is 0.452. The lowest BCUT2D eigenvalue weighted by Gasteiger charge is -2.33. The van der Waals surface area contributed by atoms with Gasteiger partial charge in [-0.15, -0.1) is 0 Å². The number of fused-ring (bicyclic) bond motifs is 1. The van der Waals surface area contributed by atoms with Gasteiger partial charge >= 0.3 is 6.18 Å². The summed E-state index contributed by atoms with van der Waals surface area (Å²) >= 11 is 0. The van der Waals surface area contributed by atoms with Crippen LogP contribution in [0.5, 0.6) is 0 Å². The van der Waals surface area contributed by atoms with Gasteiger partial charge in [-0.1, -0.05) is 55.3 Å². The molecule has 1 fully saturated rings. The van der Waals surface area contributed by atoms with Crippen LogP contribution >= 0.6 is 0 Å². The number of nitrogens with one attached hydrogen (secondary N) is 3. The van der Waals surface area contributed by atoms with E-state index in [1.165, 1.54) is 22.9 Å². The highest BCUT2D eigenvalue weighted by molar-refractivity contribution is 5.96. The third-order valence-electron chi connectivity index (χ3n) is 6.36. The molecule has 2 unspecified atom stereocenters. The van der Waals surface area contributed by atoms with Crippen LogP contribution in [0.25, 0.3) is 10.8 Å². The highest BCUT2D eigenvalue weighted by Crippen LogP contribution is 2.29. The summed E-state index contributed by atoms with van der Waals surface area (Å²) in [5.41, 5.74) is 0.116. The normalized spacial score (nSPS) is 18.3. The number of amides is 2. The summed E-state index contributed by atoms with van der Waals surface area (Å²) < 4.78 is 38.6. The number of carbonyl (C=O) groups excluding carboxylic acids is 2. The first-order chi connectivity index (χ1) is 16.8. The Labute approximate surface area is 202 Å². The van der Waals surface area contributed by atoms with Gasteiger partial charge in [-0.05, 0) is 53.4 Å². The van der Waals surface area contributed by atoms with E-state index >= 15 is 0 Å². The second-order valence-electron chi connectivity index (χ2n) is 8.89. The minimum Gasteiger partial charge on any atom is -0.350 e. The fourth-order valence-corrected chi connectivity index (χ4v) is 4.50. The molecule has 8 heteroatoms. The average Bonchev–Trinajstić information content (AvgIpc) is 2.86. The maximum atomic E-state index is 12.9. The van der Waals surface area contributed by atoms with Crippen LogP contribution in [-0.2, 0) is 17.5 Å². The molecule has 3 aromatic carbocycles. The van der Waals surface area contributed by atoms with E-state index in [0.717, 1.165) is 43.4 Å². The molecule has 2 atom stereocenters.